The van der Waals surface area contributed by atoms with Crippen molar-refractivity contribution in [3.05, 3.63) is 35.4 Å². The maximum Gasteiger partial charge on any atom is 0.240 e. The smallest absolute Gasteiger partial charge is 0.240 e. The van der Waals surface area contributed by atoms with Gasteiger partial charge in [0.15, 0.2) is 0 Å². The average molecular weight is 246 g/mol. The molecule has 1 aliphatic rings. The van der Waals surface area contributed by atoms with Crippen molar-refractivity contribution in [1.82, 2.24) is 10.6 Å². The average Bonchev–Trinajstić information content (AvgIpc) is 2.77. The van der Waals surface area contributed by atoms with E-state index in [1.165, 1.54) is 5.56 Å². The molecule has 1 saturated heterocycles. The normalized spacial score (nSPS) is 24.8. The van der Waals surface area contributed by atoms with Gasteiger partial charge in [-0.15, -0.1) is 0 Å². The molecule has 0 spiro atoms. The molecule has 0 radical (unpaired) electrons. The summed E-state index contributed by atoms with van der Waals surface area (Å²) in [5, 5.41) is 6.39. The monoisotopic (exact) mass is 246 g/mol. The van der Waals surface area contributed by atoms with Crippen molar-refractivity contribution in [2.45, 2.75) is 45.2 Å². The van der Waals surface area contributed by atoms with E-state index < -0.39 is 5.54 Å². The second kappa shape index (κ2) is 5.11. The number of amides is 1. The molecule has 1 fully saturated rings. The van der Waals surface area contributed by atoms with Crippen molar-refractivity contribution < 1.29 is 4.79 Å². The van der Waals surface area contributed by atoms with E-state index >= 15 is 0 Å². The second-order valence-electron chi connectivity index (χ2n) is 5.47. The van der Waals surface area contributed by atoms with Crippen LogP contribution in [0.3, 0.4) is 0 Å². The molecule has 2 rings (SSSR count). The van der Waals surface area contributed by atoms with E-state index in [4.69, 9.17) is 0 Å². The van der Waals surface area contributed by atoms with Crippen molar-refractivity contribution in [3.63, 3.8) is 0 Å². The second-order valence-corrected chi connectivity index (χ2v) is 5.47. The maximum atomic E-state index is 12.3. The van der Waals surface area contributed by atoms with Crippen molar-refractivity contribution in [1.29, 1.82) is 0 Å². The molecule has 1 aromatic rings. The Bertz CT molecular complexity index is 436. The third-order valence-electron chi connectivity index (χ3n) is 3.76. The Balaban J connectivity index is 2.03. The van der Waals surface area contributed by atoms with Crippen LogP contribution in [0.2, 0.25) is 0 Å². The molecule has 1 unspecified atom stereocenters. The Morgan fingerprint density at radius 1 is 1.50 bits per heavy atom. The summed E-state index contributed by atoms with van der Waals surface area (Å²) in [7, 11) is 0. The molecule has 2 N–H and O–H groups in total. The molecule has 0 aromatic heterocycles. The lowest BCUT2D eigenvalue weighted by Gasteiger charge is -2.26. The zero-order valence-electron chi connectivity index (χ0n) is 11.4. The van der Waals surface area contributed by atoms with Gasteiger partial charge in [-0.3, -0.25) is 4.79 Å². The van der Waals surface area contributed by atoms with E-state index in [1.54, 1.807) is 0 Å². The summed E-state index contributed by atoms with van der Waals surface area (Å²) in [5.74, 6) is 0.106. The van der Waals surface area contributed by atoms with Gasteiger partial charge in [0.05, 0.1) is 11.6 Å². The van der Waals surface area contributed by atoms with E-state index in [9.17, 15) is 4.79 Å². The van der Waals surface area contributed by atoms with Gasteiger partial charge in [0, 0.05) is 0 Å². The molecule has 1 aliphatic heterocycles. The summed E-state index contributed by atoms with van der Waals surface area (Å²) >= 11 is 0. The van der Waals surface area contributed by atoms with Crippen LogP contribution in [0.1, 0.15) is 43.9 Å². The Kier molecular flexibility index (Phi) is 3.71. The van der Waals surface area contributed by atoms with E-state index in [-0.39, 0.29) is 11.9 Å². The van der Waals surface area contributed by atoms with Crippen LogP contribution in [0.4, 0.5) is 0 Å². The van der Waals surface area contributed by atoms with Crippen LogP contribution in [0.5, 0.6) is 0 Å². The van der Waals surface area contributed by atoms with Crippen LogP contribution in [-0.2, 0) is 4.79 Å². The fourth-order valence-electron chi connectivity index (χ4n) is 2.47. The molecule has 2 atom stereocenters. The standard InChI is InChI=1S/C15H22N2O/c1-11-6-4-7-13(10-11)12(2)17-14(18)15(3)8-5-9-16-15/h4,6-7,10,12,16H,5,8-9H2,1-3H3,(H,17,18)/t12-,15?/m1/s1. The van der Waals surface area contributed by atoms with E-state index in [0.717, 1.165) is 24.9 Å². The van der Waals surface area contributed by atoms with Crippen LogP contribution in [-0.4, -0.2) is 18.0 Å². The molecule has 1 amide bonds. The fourth-order valence-corrected chi connectivity index (χ4v) is 2.47. The highest BCUT2D eigenvalue weighted by atomic mass is 16.2. The van der Waals surface area contributed by atoms with E-state index in [1.807, 2.05) is 19.9 Å². The van der Waals surface area contributed by atoms with Gasteiger partial charge in [0.25, 0.3) is 0 Å². The maximum absolute atomic E-state index is 12.3. The van der Waals surface area contributed by atoms with E-state index in [0.29, 0.717) is 0 Å². The zero-order valence-corrected chi connectivity index (χ0v) is 11.4. The lowest BCUT2D eigenvalue weighted by atomic mass is 9.98. The number of rotatable bonds is 3. The van der Waals surface area contributed by atoms with Gasteiger partial charge >= 0.3 is 0 Å². The summed E-state index contributed by atoms with van der Waals surface area (Å²) in [6.07, 6.45) is 1.99. The molecule has 3 heteroatoms. The van der Waals surface area contributed by atoms with Gasteiger partial charge in [0.2, 0.25) is 5.91 Å². The minimum atomic E-state index is -0.391. The summed E-state index contributed by atoms with van der Waals surface area (Å²) in [4.78, 5) is 12.3. The Morgan fingerprint density at radius 2 is 2.28 bits per heavy atom. The van der Waals surface area contributed by atoms with Crippen LogP contribution in [0, 0.1) is 6.92 Å². The first-order valence-electron chi connectivity index (χ1n) is 6.64. The third kappa shape index (κ3) is 2.72. The molecule has 18 heavy (non-hydrogen) atoms. The van der Waals surface area contributed by atoms with Crippen LogP contribution < -0.4 is 10.6 Å². The molecule has 0 aliphatic carbocycles. The third-order valence-corrected chi connectivity index (χ3v) is 3.76. The van der Waals surface area contributed by atoms with Crippen LogP contribution >= 0.6 is 0 Å². The first kappa shape index (κ1) is 13.1. The van der Waals surface area contributed by atoms with Gasteiger partial charge in [-0.1, -0.05) is 29.8 Å². The molecule has 0 bridgehead atoms. The van der Waals surface area contributed by atoms with Crippen molar-refractivity contribution >= 4 is 5.91 Å². The lowest BCUT2D eigenvalue weighted by molar-refractivity contribution is -0.127. The number of carbonyl (C=O) groups excluding carboxylic acids is 1. The van der Waals surface area contributed by atoms with Crippen LogP contribution in [0.25, 0.3) is 0 Å². The molecule has 1 aromatic carbocycles. The molecule has 0 saturated carbocycles. The summed E-state index contributed by atoms with van der Waals surface area (Å²) in [6, 6.07) is 8.33. The number of carbonyl (C=O) groups is 1. The number of hydrogen-bond acceptors (Lipinski definition) is 2. The van der Waals surface area contributed by atoms with Gasteiger partial charge in [-0.2, -0.15) is 0 Å². The minimum absolute atomic E-state index is 0.0524. The number of nitrogens with one attached hydrogen (secondary N) is 2. The summed E-state index contributed by atoms with van der Waals surface area (Å²) in [6.45, 7) is 7.02. The van der Waals surface area contributed by atoms with Gasteiger partial charge in [0.1, 0.15) is 0 Å². The molecule has 3 nitrogen and oxygen atoms in total. The van der Waals surface area contributed by atoms with E-state index in [2.05, 4.69) is 35.8 Å². The Labute approximate surface area is 109 Å². The van der Waals surface area contributed by atoms with Gasteiger partial charge < -0.3 is 10.6 Å². The van der Waals surface area contributed by atoms with Crippen molar-refractivity contribution in [2.75, 3.05) is 6.54 Å². The Morgan fingerprint density at radius 3 is 2.89 bits per heavy atom. The quantitative estimate of drug-likeness (QED) is 0.859. The first-order chi connectivity index (χ1) is 8.51. The van der Waals surface area contributed by atoms with Gasteiger partial charge in [-0.05, 0) is 45.7 Å². The molecular weight excluding hydrogens is 224 g/mol. The SMILES string of the molecule is Cc1cccc([C@@H](C)NC(=O)C2(C)CCCN2)c1. The highest BCUT2D eigenvalue weighted by molar-refractivity contribution is 5.86. The summed E-state index contributed by atoms with van der Waals surface area (Å²) < 4.78 is 0. The number of hydrogen-bond donors (Lipinski definition) is 2. The minimum Gasteiger partial charge on any atom is -0.348 e. The highest BCUT2D eigenvalue weighted by Gasteiger charge is 2.36. The molecule has 1 heterocycles. The topological polar surface area (TPSA) is 41.1 Å². The largest absolute Gasteiger partial charge is 0.348 e. The van der Waals surface area contributed by atoms with Crippen molar-refractivity contribution in [2.24, 2.45) is 0 Å². The summed E-state index contributed by atoms with van der Waals surface area (Å²) in [5.41, 5.74) is 1.99. The predicted octanol–water partition coefficient (Wildman–Crippen LogP) is 2.31. The number of benzene rings is 1. The Hall–Kier alpha value is -1.35. The molecule has 98 valence electrons. The predicted molar refractivity (Wildman–Crippen MR) is 73.4 cm³/mol. The van der Waals surface area contributed by atoms with Gasteiger partial charge in [-0.25, -0.2) is 0 Å². The highest BCUT2D eigenvalue weighted by Crippen LogP contribution is 2.21. The van der Waals surface area contributed by atoms with Crippen molar-refractivity contribution in [3.8, 4) is 0 Å². The molecular formula is C15H22N2O. The lowest BCUT2D eigenvalue weighted by Crippen LogP contribution is -2.51. The first-order valence-corrected chi connectivity index (χ1v) is 6.64. The van der Waals surface area contributed by atoms with Crippen LogP contribution in [0.15, 0.2) is 24.3 Å². The number of aryl methyl sites for hydroxylation is 1. The fraction of sp³-hybridized carbons (Fsp3) is 0.533. The zero-order chi connectivity index (χ0) is 13.2.